The third kappa shape index (κ3) is 15.1. The van der Waals surface area contributed by atoms with E-state index >= 15 is 0 Å². The minimum Gasteiger partial charge on any atom is -0.508 e. The van der Waals surface area contributed by atoms with Gasteiger partial charge in [-0.1, -0.05) is 37.1 Å². The second kappa shape index (κ2) is 22.4. The van der Waals surface area contributed by atoms with Gasteiger partial charge in [0.2, 0.25) is 23.4 Å². The van der Waals surface area contributed by atoms with E-state index in [1.54, 1.807) is 29.2 Å². The zero-order chi connectivity index (χ0) is 38.8. The first-order valence-corrected chi connectivity index (χ1v) is 18.2. The molecular weight excluding hydrogens is 686 g/mol. The second-order valence-electron chi connectivity index (χ2n) is 13.6. The van der Waals surface area contributed by atoms with Crippen molar-refractivity contribution in [2.24, 2.45) is 11.8 Å². The fourth-order valence-corrected chi connectivity index (χ4v) is 6.39. The molecule has 0 aliphatic carbocycles. The third-order valence-electron chi connectivity index (χ3n) is 9.41. The monoisotopic (exact) mass is 739 g/mol. The van der Waals surface area contributed by atoms with Crippen molar-refractivity contribution in [3.8, 4) is 11.5 Å². The molecule has 3 rings (SSSR count). The second-order valence-corrected chi connectivity index (χ2v) is 13.6. The summed E-state index contributed by atoms with van der Waals surface area (Å²) in [4.78, 5) is 80.1. The van der Waals surface area contributed by atoms with Crippen LogP contribution in [0.1, 0.15) is 69.4 Å². The van der Waals surface area contributed by atoms with Gasteiger partial charge in [-0.25, -0.2) is 4.79 Å². The highest BCUT2D eigenvalue weighted by Gasteiger charge is 2.32. The summed E-state index contributed by atoms with van der Waals surface area (Å²) in [6, 6.07) is 9.85. The van der Waals surface area contributed by atoms with Gasteiger partial charge in [-0.3, -0.25) is 24.0 Å². The van der Waals surface area contributed by atoms with Crippen LogP contribution in [0.2, 0.25) is 0 Å². The van der Waals surface area contributed by atoms with Crippen LogP contribution in [0.3, 0.4) is 0 Å². The Morgan fingerprint density at radius 3 is 1.91 bits per heavy atom. The molecule has 290 valence electrons. The largest absolute Gasteiger partial charge is 0.508 e. The van der Waals surface area contributed by atoms with Crippen molar-refractivity contribution in [1.82, 2.24) is 15.5 Å². The molecule has 2 aromatic carbocycles. The third-order valence-corrected chi connectivity index (χ3v) is 9.41. The molecule has 1 heterocycles. The quantitative estimate of drug-likeness (QED) is 0.0959. The van der Waals surface area contributed by atoms with Gasteiger partial charge >= 0.3 is 5.97 Å². The number of amides is 2. The Hall–Kier alpha value is -4.66. The predicted molar refractivity (Wildman–Crippen MR) is 194 cm³/mol. The molecule has 1 fully saturated rings. The molecular formula is C39H53N3O11. The van der Waals surface area contributed by atoms with Gasteiger partial charge in [0.1, 0.15) is 29.9 Å². The van der Waals surface area contributed by atoms with Crippen LogP contribution in [0.15, 0.2) is 48.5 Å². The van der Waals surface area contributed by atoms with E-state index in [1.165, 1.54) is 31.2 Å². The highest BCUT2D eigenvalue weighted by Crippen LogP contribution is 2.24. The molecule has 1 saturated heterocycles. The summed E-state index contributed by atoms with van der Waals surface area (Å²) < 4.78 is 5.26. The fourth-order valence-electron chi connectivity index (χ4n) is 6.39. The van der Waals surface area contributed by atoms with Gasteiger partial charge in [0.05, 0.1) is 6.04 Å². The first kappa shape index (κ1) is 42.8. The lowest BCUT2D eigenvalue weighted by Crippen LogP contribution is -2.47. The number of nitrogens with one attached hydrogen (secondary N) is 2. The number of aromatic hydroxyl groups is 2. The van der Waals surface area contributed by atoms with Crippen LogP contribution in [0.5, 0.6) is 11.5 Å². The minimum atomic E-state index is -1.27. The number of nitrogens with zero attached hydrogens (tertiary/aromatic N) is 1. The first-order chi connectivity index (χ1) is 25.4. The maximum absolute atomic E-state index is 14.3. The van der Waals surface area contributed by atoms with E-state index in [2.05, 4.69) is 10.6 Å². The van der Waals surface area contributed by atoms with Crippen molar-refractivity contribution in [2.45, 2.75) is 83.2 Å². The lowest BCUT2D eigenvalue weighted by Gasteiger charge is -2.27. The normalized spacial score (nSPS) is 18.2. The minimum absolute atomic E-state index is 0.0130. The summed E-state index contributed by atoms with van der Waals surface area (Å²) in [5.74, 6) is -5.03. The number of Topliss-reactive ketones (excluding diaryl/α,β-unsaturated/α-hetero) is 3. The first-order valence-electron chi connectivity index (χ1n) is 18.2. The average molecular weight is 740 g/mol. The van der Waals surface area contributed by atoms with Gasteiger partial charge in [0.25, 0.3) is 0 Å². The number of rotatable bonds is 18. The van der Waals surface area contributed by atoms with Crippen molar-refractivity contribution >= 4 is 35.1 Å². The molecule has 14 nitrogen and oxygen atoms in total. The highest BCUT2D eigenvalue weighted by molar-refractivity contribution is 6.39. The standard InChI is InChI=1S/C39H53N3O11/c1-26(44)42-17-4-2-7-29(23-36(48)41-34(39(51)52)22-28-11-15-32(46)16-12-28)37(49)30(8-3-5-18-42)24-40-33(21-27-9-13-31(45)14-10-27)38(50)35(47)25-53-20-6-19-43/h9-16,29-30,33-34,40,43,45-46H,2-8,17-25H2,1H3,(H,41,48)(H,51,52)/t29?,30-,33+,34+/m1/s1. The molecule has 0 bridgehead atoms. The molecule has 1 aliphatic heterocycles. The van der Waals surface area contributed by atoms with Crippen LogP contribution in [-0.4, -0.2) is 112 Å². The number of carbonyl (C=O) groups excluding carboxylic acids is 5. The van der Waals surface area contributed by atoms with E-state index < -0.39 is 54.0 Å². The number of hydrogen-bond donors (Lipinski definition) is 6. The number of phenolic OH excluding ortho intramolecular Hbond substituents is 2. The smallest absolute Gasteiger partial charge is 0.326 e. The Kier molecular flexibility index (Phi) is 18.1. The number of carbonyl (C=O) groups is 6. The Morgan fingerprint density at radius 1 is 0.830 bits per heavy atom. The lowest BCUT2D eigenvalue weighted by atomic mass is 9.83. The molecule has 0 saturated carbocycles. The van der Waals surface area contributed by atoms with E-state index in [-0.39, 0.29) is 62.2 Å². The number of carboxylic acid groups (broad SMARTS) is 1. The molecule has 4 atom stereocenters. The van der Waals surface area contributed by atoms with Crippen LogP contribution in [-0.2, 0) is 46.3 Å². The summed E-state index contributed by atoms with van der Waals surface area (Å²) in [6.07, 6.45) is 3.15. The van der Waals surface area contributed by atoms with Crippen molar-refractivity contribution in [2.75, 3.05) is 39.5 Å². The van der Waals surface area contributed by atoms with Crippen LogP contribution >= 0.6 is 0 Å². The Bertz CT molecular complexity index is 1510. The number of aliphatic hydroxyl groups is 1. The Labute approximate surface area is 309 Å². The zero-order valence-corrected chi connectivity index (χ0v) is 30.3. The highest BCUT2D eigenvalue weighted by atomic mass is 16.5. The van der Waals surface area contributed by atoms with Gasteiger partial charge in [0.15, 0.2) is 0 Å². The maximum Gasteiger partial charge on any atom is 0.326 e. The molecule has 2 amide bonds. The number of carboxylic acids is 1. The summed E-state index contributed by atoms with van der Waals surface area (Å²) >= 11 is 0. The van der Waals surface area contributed by atoms with Gasteiger partial charge in [-0.05, 0) is 73.9 Å². The summed E-state index contributed by atoms with van der Waals surface area (Å²) in [5, 5.41) is 43.9. The number of aliphatic carboxylic acids is 1. The number of ketones is 3. The fraction of sp³-hybridized carbons (Fsp3) is 0.538. The van der Waals surface area contributed by atoms with E-state index in [0.717, 1.165) is 0 Å². The molecule has 1 unspecified atom stereocenters. The topological polar surface area (TPSA) is 220 Å². The van der Waals surface area contributed by atoms with Gasteiger partial charge in [-0.15, -0.1) is 0 Å². The van der Waals surface area contributed by atoms with Gasteiger partial charge in [-0.2, -0.15) is 0 Å². The van der Waals surface area contributed by atoms with Crippen LogP contribution in [0.25, 0.3) is 0 Å². The van der Waals surface area contributed by atoms with E-state index in [0.29, 0.717) is 69.2 Å². The molecule has 0 aromatic heterocycles. The van der Waals surface area contributed by atoms with Gasteiger partial charge in [0, 0.05) is 64.4 Å². The Balaban J connectivity index is 1.81. The molecule has 1 aliphatic rings. The Morgan fingerprint density at radius 2 is 1.38 bits per heavy atom. The molecule has 14 heteroatoms. The summed E-state index contributed by atoms with van der Waals surface area (Å²) in [7, 11) is 0. The summed E-state index contributed by atoms with van der Waals surface area (Å²) in [6.45, 7) is 2.07. The molecule has 0 radical (unpaired) electrons. The molecule has 0 spiro atoms. The average Bonchev–Trinajstić information content (AvgIpc) is 3.12. The van der Waals surface area contributed by atoms with Crippen molar-refractivity contribution in [3.05, 3.63) is 59.7 Å². The zero-order valence-electron chi connectivity index (χ0n) is 30.3. The number of aliphatic hydroxyl groups excluding tert-OH is 1. The summed E-state index contributed by atoms with van der Waals surface area (Å²) in [5.41, 5.74) is 1.25. The van der Waals surface area contributed by atoms with Crippen molar-refractivity contribution in [3.63, 3.8) is 0 Å². The predicted octanol–water partition coefficient (Wildman–Crippen LogP) is 2.34. The van der Waals surface area contributed by atoms with E-state index in [9.17, 15) is 44.1 Å². The number of hydrogen-bond acceptors (Lipinski definition) is 11. The van der Waals surface area contributed by atoms with Crippen molar-refractivity contribution in [1.29, 1.82) is 0 Å². The van der Waals surface area contributed by atoms with Gasteiger partial charge < -0.3 is 40.7 Å². The van der Waals surface area contributed by atoms with E-state index in [4.69, 9.17) is 9.84 Å². The number of benzene rings is 2. The van der Waals surface area contributed by atoms with Crippen LogP contribution in [0, 0.1) is 11.8 Å². The SMILES string of the molecule is CC(=O)N1CCCCC(CC(=O)N[C@@H](Cc2ccc(O)cc2)C(=O)O)C(=O)[C@@H](CN[C@@H](Cc2ccc(O)cc2)C(=O)C(=O)COCCCO)CCCC1. The van der Waals surface area contributed by atoms with E-state index in [1.807, 2.05) is 0 Å². The van der Waals surface area contributed by atoms with Crippen LogP contribution in [0.4, 0.5) is 0 Å². The number of phenols is 2. The molecule has 53 heavy (non-hydrogen) atoms. The van der Waals surface area contributed by atoms with Crippen molar-refractivity contribution < 1.29 is 53.9 Å². The number of ether oxygens (including phenoxy) is 1. The molecule has 2 aromatic rings. The molecule has 6 N–H and O–H groups in total. The van der Waals surface area contributed by atoms with Crippen LogP contribution < -0.4 is 10.6 Å². The maximum atomic E-state index is 14.3. The lowest BCUT2D eigenvalue weighted by molar-refractivity contribution is -0.142.